The number of benzene rings is 1. The van der Waals surface area contributed by atoms with Gasteiger partial charge in [0, 0.05) is 31.9 Å². The highest BCUT2D eigenvalue weighted by Gasteiger charge is 2.49. The molecule has 134 valence electrons. The minimum Gasteiger partial charge on any atom is -0.465 e. The first kappa shape index (κ1) is 17.4. The molecule has 0 radical (unpaired) electrons. The van der Waals surface area contributed by atoms with Crippen LogP contribution in [0.25, 0.3) is 0 Å². The Balaban J connectivity index is 1.55. The molecule has 1 saturated carbocycles. The number of hydrogen-bond acceptors (Lipinski definition) is 5. The maximum Gasteiger partial charge on any atom is 0.337 e. The van der Waals surface area contributed by atoms with Crippen LogP contribution in [-0.4, -0.2) is 67.9 Å². The molecule has 2 aliphatic rings. The van der Waals surface area contributed by atoms with Gasteiger partial charge in [0.15, 0.2) is 0 Å². The Hall–Kier alpha value is -2.41. The number of anilines is 1. The van der Waals surface area contributed by atoms with Gasteiger partial charge in [-0.2, -0.15) is 0 Å². The summed E-state index contributed by atoms with van der Waals surface area (Å²) in [5.41, 5.74) is 0.909. The number of piperazine rings is 1. The summed E-state index contributed by atoms with van der Waals surface area (Å²) in [7, 11) is 3.35. The van der Waals surface area contributed by atoms with Crippen molar-refractivity contribution in [2.45, 2.75) is 6.42 Å². The second kappa shape index (κ2) is 7.23. The van der Waals surface area contributed by atoms with Crippen molar-refractivity contribution in [3.8, 4) is 0 Å². The number of carbonyl (C=O) groups excluding carboxylic acids is 3. The lowest BCUT2D eigenvalue weighted by Crippen LogP contribution is -2.48. The van der Waals surface area contributed by atoms with E-state index >= 15 is 0 Å². The number of hydrogen-bond donors (Lipinski definition) is 1. The molecule has 7 nitrogen and oxygen atoms in total. The van der Waals surface area contributed by atoms with Crippen LogP contribution in [0.4, 0.5) is 5.69 Å². The minimum absolute atomic E-state index is 0.0801. The van der Waals surface area contributed by atoms with Gasteiger partial charge in [0.2, 0.25) is 11.8 Å². The topological polar surface area (TPSA) is 78.9 Å². The molecule has 7 heteroatoms. The zero-order chi connectivity index (χ0) is 18.0. The number of likely N-dealkylation sites (N-methyl/N-ethyl adjacent to an activating group) is 1. The number of rotatable bonds is 4. The summed E-state index contributed by atoms with van der Waals surface area (Å²) < 4.78 is 4.67. The van der Waals surface area contributed by atoms with E-state index in [1.54, 1.807) is 24.3 Å². The molecule has 0 spiro atoms. The number of ether oxygens (including phenoxy) is 1. The third-order valence-electron chi connectivity index (χ3n) is 4.81. The van der Waals surface area contributed by atoms with Crippen molar-refractivity contribution in [1.29, 1.82) is 0 Å². The molecule has 1 heterocycles. The van der Waals surface area contributed by atoms with E-state index in [1.807, 2.05) is 11.9 Å². The van der Waals surface area contributed by atoms with Crippen molar-refractivity contribution in [2.75, 3.05) is 45.7 Å². The van der Waals surface area contributed by atoms with Crippen molar-refractivity contribution in [3.63, 3.8) is 0 Å². The van der Waals surface area contributed by atoms with Crippen LogP contribution in [-0.2, 0) is 14.3 Å². The van der Waals surface area contributed by atoms with Crippen LogP contribution in [0, 0.1) is 11.8 Å². The van der Waals surface area contributed by atoms with Gasteiger partial charge in [0.05, 0.1) is 24.5 Å². The Bertz CT molecular complexity index is 683. The Morgan fingerprint density at radius 3 is 2.52 bits per heavy atom. The summed E-state index contributed by atoms with van der Waals surface area (Å²) in [5, 5.41) is 2.79. The van der Waals surface area contributed by atoms with Crippen molar-refractivity contribution >= 4 is 23.5 Å². The summed E-state index contributed by atoms with van der Waals surface area (Å²) >= 11 is 0. The second-order valence-electron chi connectivity index (χ2n) is 6.64. The van der Waals surface area contributed by atoms with E-state index < -0.39 is 5.97 Å². The number of carbonyl (C=O) groups is 3. The molecule has 2 amide bonds. The van der Waals surface area contributed by atoms with Gasteiger partial charge in [-0.3, -0.25) is 9.59 Å². The first-order valence-electron chi connectivity index (χ1n) is 8.46. The van der Waals surface area contributed by atoms with E-state index in [0.717, 1.165) is 26.2 Å². The highest BCUT2D eigenvalue weighted by molar-refractivity contribution is 6.00. The van der Waals surface area contributed by atoms with Crippen LogP contribution < -0.4 is 5.32 Å². The van der Waals surface area contributed by atoms with Gasteiger partial charge < -0.3 is 19.9 Å². The Kier molecular flexibility index (Phi) is 5.03. The third-order valence-corrected chi connectivity index (χ3v) is 4.81. The second-order valence-corrected chi connectivity index (χ2v) is 6.64. The van der Waals surface area contributed by atoms with Gasteiger partial charge in [-0.05, 0) is 31.7 Å². The zero-order valence-electron chi connectivity index (χ0n) is 14.5. The monoisotopic (exact) mass is 345 g/mol. The maximum atomic E-state index is 12.5. The summed E-state index contributed by atoms with van der Waals surface area (Å²) in [6, 6.07) is 6.59. The maximum absolute atomic E-state index is 12.5. The van der Waals surface area contributed by atoms with E-state index in [1.165, 1.54) is 7.11 Å². The van der Waals surface area contributed by atoms with E-state index in [9.17, 15) is 14.4 Å². The molecular formula is C18H23N3O4. The van der Waals surface area contributed by atoms with Gasteiger partial charge in [0.25, 0.3) is 0 Å². The van der Waals surface area contributed by atoms with Crippen LogP contribution in [0.5, 0.6) is 0 Å². The van der Waals surface area contributed by atoms with Gasteiger partial charge in [0.1, 0.15) is 0 Å². The molecule has 3 rings (SSSR count). The van der Waals surface area contributed by atoms with Crippen LogP contribution in [0.3, 0.4) is 0 Å². The molecule has 1 saturated heterocycles. The molecule has 2 atom stereocenters. The van der Waals surface area contributed by atoms with Crippen molar-refractivity contribution in [1.82, 2.24) is 9.80 Å². The van der Waals surface area contributed by atoms with Gasteiger partial charge >= 0.3 is 5.97 Å². The van der Waals surface area contributed by atoms with Crippen LogP contribution in [0.15, 0.2) is 24.3 Å². The molecule has 25 heavy (non-hydrogen) atoms. The van der Waals surface area contributed by atoms with E-state index in [0.29, 0.717) is 17.7 Å². The molecule has 2 fully saturated rings. The van der Waals surface area contributed by atoms with E-state index in [2.05, 4.69) is 15.0 Å². The number of amides is 2. The van der Waals surface area contributed by atoms with Gasteiger partial charge in [-0.15, -0.1) is 0 Å². The van der Waals surface area contributed by atoms with Crippen molar-refractivity contribution in [3.05, 3.63) is 29.8 Å². The molecular weight excluding hydrogens is 322 g/mol. The predicted molar refractivity (Wildman–Crippen MR) is 92.1 cm³/mol. The summed E-state index contributed by atoms with van der Waals surface area (Å²) in [4.78, 5) is 40.4. The van der Waals surface area contributed by atoms with Crippen LogP contribution in [0.2, 0.25) is 0 Å². The van der Waals surface area contributed by atoms with E-state index in [-0.39, 0.29) is 23.7 Å². The SMILES string of the molecule is COC(=O)c1cccc(NC(=O)C2CC2C(=O)N2CCN(C)CC2)c1. The normalized spacial score (nSPS) is 23.0. The van der Waals surface area contributed by atoms with E-state index in [4.69, 9.17) is 0 Å². The number of nitrogens with one attached hydrogen (secondary N) is 1. The Morgan fingerprint density at radius 2 is 1.84 bits per heavy atom. The van der Waals surface area contributed by atoms with Crippen molar-refractivity contribution in [2.24, 2.45) is 11.8 Å². The summed E-state index contributed by atoms with van der Waals surface area (Å²) in [5.74, 6) is -1.04. The average Bonchev–Trinajstić information content (AvgIpc) is 3.42. The summed E-state index contributed by atoms with van der Waals surface area (Å²) in [6.07, 6.45) is 0.591. The molecule has 0 bridgehead atoms. The molecule has 2 unspecified atom stereocenters. The van der Waals surface area contributed by atoms with Crippen LogP contribution in [0.1, 0.15) is 16.8 Å². The summed E-state index contributed by atoms with van der Waals surface area (Å²) in [6.45, 7) is 3.19. The lowest BCUT2D eigenvalue weighted by molar-refractivity contribution is -0.135. The Morgan fingerprint density at radius 1 is 1.12 bits per heavy atom. The highest BCUT2D eigenvalue weighted by Crippen LogP contribution is 2.41. The predicted octanol–water partition coefficient (Wildman–Crippen LogP) is 0.822. The quantitative estimate of drug-likeness (QED) is 0.818. The van der Waals surface area contributed by atoms with Gasteiger partial charge in [-0.25, -0.2) is 4.79 Å². The first-order chi connectivity index (χ1) is 12.0. The van der Waals surface area contributed by atoms with Crippen molar-refractivity contribution < 1.29 is 19.1 Å². The largest absolute Gasteiger partial charge is 0.465 e. The first-order valence-corrected chi connectivity index (χ1v) is 8.46. The zero-order valence-corrected chi connectivity index (χ0v) is 14.5. The van der Waals surface area contributed by atoms with Crippen LogP contribution >= 0.6 is 0 Å². The van der Waals surface area contributed by atoms with Gasteiger partial charge in [-0.1, -0.05) is 6.07 Å². The molecule has 1 aliphatic carbocycles. The molecule has 1 aromatic carbocycles. The fourth-order valence-corrected chi connectivity index (χ4v) is 3.10. The average molecular weight is 345 g/mol. The minimum atomic E-state index is -0.453. The third kappa shape index (κ3) is 3.99. The number of esters is 1. The lowest BCUT2D eigenvalue weighted by Gasteiger charge is -2.32. The lowest BCUT2D eigenvalue weighted by atomic mass is 10.2. The Labute approximate surface area is 146 Å². The smallest absolute Gasteiger partial charge is 0.337 e. The molecule has 1 aliphatic heterocycles. The fraction of sp³-hybridized carbons (Fsp3) is 0.500. The highest BCUT2D eigenvalue weighted by atomic mass is 16.5. The molecule has 0 aromatic heterocycles. The standard InChI is InChI=1S/C18H23N3O4/c1-20-6-8-21(9-7-20)17(23)15-11-14(15)16(22)19-13-5-3-4-12(10-13)18(24)25-2/h3-5,10,14-15H,6-9,11H2,1-2H3,(H,19,22). The molecule has 1 N–H and O–H groups in total. The molecule has 1 aromatic rings. The fourth-order valence-electron chi connectivity index (χ4n) is 3.10. The number of nitrogens with zero attached hydrogens (tertiary/aromatic N) is 2. The number of methoxy groups -OCH3 is 1.